The van der Waals surface area contributed by atoms with E-state index < -0.39 is 0 Å². The molecule has 2 aromatic carbocycles. The smallest absolute Gasteiger partial charge is 0.319 e. The largest absolute Gasteiger partial charge is 0.457 e. The highest BCUT2D eigenvalue weighted by Crippen LogP contribution is 2.21. The maximum absolute atomic E-state index is 12.0. The van der Waals surface area contributed by atoms with Crippen LogP contribution in [0, 0.1) is 6.92 Å². The Bertz CT molecular complexity index is 883. The zero-order valence-corrected chi connectivity index (χ0v) is 15.8. The predicted molar refractivity (Wildman–Crippen MR) is 105 cm³/mol. The van der Waals surface area contributed by atoms with Crippen molar-refractivity contribution in [1.29, 1.82) is 0 Å². The number of benzene rings is 2. The molecule has 0 aliphatic carbocycles. The van der Waals surface area contributed by atoms with E-state index in [4.69, 9.17) is 4.74 Å². The van der Waals surface area contributed by atoms with Gasteiger partial charge in [-0.1, -0.05) is 28.1 Å². The summed E-state index contributed by atoms with van der Waals surface area (Å²) in [7, 11) is 0. The van der Waals surface area contributed by atoms with Crippen LogP contribution < -0.4 is 15.4 Å². The van der Waals surface area contributed by atoms with Gasteiger partial charge in [-0.15, -0.1) is 0 Å². The minimum atomic E-state index is -0.246. The number of aryl methyl sites for hydroxylation is 1. The number of halogens is 1. The van der Waals surface area contributed by atoms with Crippen molar-refractivity contribution in [2.24, 2.45) is 0 Å². The van der Waals surface area contributed by atoms with Gasteiger partial charge in [-0.05, 0) is 60.5 Å². The lowest BCUT2D eigenvalue weighted by Crippen LogP contribution is -2.28. The van der Waals surface area contributed by atoms with Crippen molar-refractivity contribution in [3.63, 3.8) is 0 Å². The molecule has 132 valence electrons. The summed E-state index contributed by atoms with van der Waals surface area (Å²) >= 11 is 3.44. The van der Waals surface area contributed by atoms with Crippen LogP contribution in [0.15, 0.2) is 71.5 Å². The molecule has 1 aromatic heterocycles. The Labute approximate surface area is 160 Å². The fraction of sp³-hybridized carbons (Fsp3) is 0.100. The molecule has 0 spiro atoms. The van der Waals surface area contributed by atoms with E-state index in [0.717, 1.165) is 32.8 Å². The number of pyridine rings is 1. The molecule has 3 aromatic rings. The zero-order valence-electron chi connectivity index (χ0n) is 14.2. The van der Waals surface area contributed by atoms with Crippen LogP contribution in [0.2, 0.25) is 0 Å². The van der Waals surface area contributed by atoms with Gasteiger partial charge in [0.05, 0.1) is 0 Å². The summed E-state index contributed by atoms with van der Waals surface area (Å²) in [6, 6.07) is 16.6. The summed E-state index contributed by atoms with van der Waals surface area (Å²) in [6.45, 7) is 2.40. The second kappa shape index (κ2) is 8.49. The molecule has 2 amide bonds. The number of carbonyl (C=O) groups is 1. The first kappa shape index (κ1) is 17.9. The number of hydrogen-bond acceptors (Lipinski definition) is 3. The number of rotatable bonds is 5. The van der Waals surface area contributed by atoms with Crippen LogP contribution in [0.3, 0.4) is 0 Å². The molecule has 6 heteroatoms. The number of anilines is 1. The predicted octanol–water partition coefficient (Wildman–Crippen LogP) is 5.27. The topological polar surface area (TPSA) is 63.2 Å². The molecule has 0 saturated heterocycles. The number of urea groups is 1. The van der Waals surface area contributed by atoms with Gasteiger partial charge in [0.1, 0.15) is 11.5 Å². The SMILES string of the molecule is Cc1cc(NC(=O)NCc2ccc(Oc3ccncc3)cc2)ccc1Br. The lowest BCUT2D eigenvalue weighted by atomic mass is 10.2. The van der Waals surface area contributed by atoms with E-state index in [2.05, 4.69) is 31.5 Å². The van der Waals surface area contributed by atoms with Gasteiger partial charge in [0, 0.05) is 29.1 Å². The van der Waals surface area contributed by atoms with Crippen molar-refractivity contribution in [3.05, 3.63) is 82.6 Å². The maximum Gasteiger partial charge on any atom is 0.319 e. The van der Waals surface area contributed by atoms with Crippen molar-refractivity contribution < 1.29 is 9.53 Å². The molecule has 3 rings (SSSR count). The van der Waals surface area contributed by atoms with Gasteiger partial charge < -0.3 is 15.4 Å². The Hall–Kier alpha value is -2.86. The monoisotopic (exact) mass is 411 g/mol. The molecule has 0 unspecified atom stereocenters. The molecule has 0 atom stereocenters. The highest BCUT2D eigenvalue weighted by Gasteiger charge is 2.04. The lowest BCUT2D eigenvalue weighted by molar-refractivity contribution is 0.251. The van der Waals surface area contributed by atoms with Crippen LogP contribution in [0.5, 0.6) is 11.5 Å². The average molecular weight is 412 g/mol. The molecule has 5 nitrogen and oxygen atoms in total. The molecule has 0 aliphatic heterocycles. The first-order chi connectivity index (χ1) is 12.6. The number of amides is 2. The number of nitrogens with zero attached hydrogens (tertiary/aromatic N) is 1. The maximum atomic E-state index is 12.0. The second-order valence-electron chi connectivity index (χ2n) is 5.70. The molecular weight excluding hydrogens is 394 g/mol. The minimum Gasteiger partial charge on any atom is -0.457 e. The fourth-order valence-corrected chi connectivity index (χ4v) is 2.54. The summed E-state index contributed by atoms with van der Waals surface area (Å²) in [5.74, 6) is 1.46. The van der Waals surface area contributed by atoms with Crippen LogP contribution in [0.4, 0.5) is 10.5 Å². The number of nitrogens with one attached hydrogen (secondary N) is 2. The summed E-state index contributed by atoms with van der Waals surface area (Å²) in [5.41, 5.74) is 2.80. The molecule has 2 N–H and O–H groups in total. The summed E-state index contributed by atoms with van der Waals surface area (Å²) in [5, 5.41) is 5.66. The normalized spacial score (nSPS) is 10.2. The van der Waals surface area contributed by atoms with Crippen molar-refractivity contribution in [2.75, 3.05) is 5.32 Å². The van der Waals surface area contributed by atoms with Gasteiger partial charge in [-0.25, -0.2) is 4.79 Å². The first-order valence-electron chi connectivity index (χ1n) is 8.08. The third-order valence-electron chi connectivity index (χ3n) is 3.68. The molecule has 0 radical (unpaired) electrons. The van der Waals surface area contributed by atoms with E-state index in [1.165, 1.54) is 0 Å². The van der Waals surface area contributed by atoms with Crippen molar-refractivity contribution in [1.82, 2.24) is 10.3 Å². The number of carbonyl (C=O) groups excluding carboxylic acids is 1. The quantitative estimate of drug-likeness (QED) is 0.601. The molecule has 0 bridgehead atoms. The molecule has 0 saturated carbocycles. The summed E-state index contributed by atoms with van der Waals surface area (Å²) in [6.07, 6.45) is 3.36. The van der Waals surface area contributed by atoms with Crippen molar-refractivity contribution in [2.45, 2.75) is 13.5 Å². The Morgan fingerprint density at radius 3 is 2.42 bits per heavy atom. The van der Waals surface area contributed by atoms with Crippen molar-refractivity contribution in [3.8, 4) is 11.5 Å². The lowest BCUT2D eigenvalue weighted by Gasteiger charge is -2.10. The number of hydrogen-bond donors (Lipinski definition) is 2. The van der Waals surface area contributed by atoms with Crippen LogP contribution in [0.25, 0.3) is 0 Å². The summed E-state index contributed by atoms with van der Waals surface area (Å²) < 4.78 is 6.73. The van der Waals surface area contributed by atoms with E-state index in [1.54, 1.807) is 24.5 Å². The standard InChI is InChI=1S/C20H18BrN3O2/c1-14-12-16(4-7-19(14)21)24-20(25)23-13-15-2-5-17(6-3-15)26-18-8-10-22-11-9-18/h2-12H,13H2,1H3,(H2,23,24,25). The van der Waals surface area contributed by atoms with Crippen LogP contribution >= 0.6 is 15.9 Å². The average Bonchev–Trinajstić information content (AvgIpc) is 2.65. The van der Waals surface area contributed by atoms with Gasteiger partial charge in [0.25, 0.3) is 0 Å². The van der Waals surface area contributed by atoms with Crippen molar-refractivity contribution >= 4 is 27.6 Å². The first-order valence-corrected chi connectivity index (χ1v) is 8.87. The van der Waals surface area contributed by atoms with E-state index in [0.29, 0.717) is 6.54 Å². The third kappa shape index (κ3) is 5.07. The molecular formula is C20H18BrN3O2. The van der Waals surface area contributed by atoms with E-state index in [9.17, 15) is 4.79 Å². The summed E-state index contributed by atoms with van der Waals surface area (Å²) in [4.78, 5) is 16.0. The van der Waals surface area contributed by atoms with Gasteiger partial charge in [0.2, 0.25) is 0 Å². The van der Waals surface area contributed by atoms with Gasteiger partial charge in [-0.2, -0.15) is 0 Å². The van der Waals surface area contributed by atoms with Crippen LogP contribution in [0.1, 0.15) is 11.1 Å². The van der Waals surface area contributed by atoms with Gasteiger partial charge in [-0.3, -0.25) is 4.98 Å². The Balaban J connectivity index is 1.51. The molecule has 0 aliphatic rings. The Kier molecular flexibility index (Phi) is 5.86. The van der Waals surface area contributed by atoms with E-state index in [1.807, 2.05) is 49.4 Å². The van der Waals surface area contributed by atoms with E-state index >= 15 is 0 Å². The number of ether oxygens (including phenoxy) is 1. The zero-order chi connectivity index (χ0) is 18.4. The molecule has 0 fully saturated rings. The fourth-order valence-electron chi connectivity index (χ4n) is 2.30. The molecule has 26 heavy (non-hydrogen) atoms. The molecule has 1 heterocycles. The van der Waals surface area contributed by atoms with Gasteiger partial charge >= 0.3 is 6.03 Å². The number of aromatic nitrogens is 1. The van der Waals surface area contributed by atoms with Crippen LogP contribution in [-0.4, -0.2) is 11.0 Å². The third-order valence-corrected chi connectivity index (χ3v) is 4.57. The Morgan fingerprint density at radius 1 is 1.04 bits per heavy atom. The Morgan fingerprint density at radius 2 is 1.73 bits per heavy atom. The highest BCUT2D eigenvalue weighted by atomic mass is 79.9. The van der Waals surface area contributed by atoms with Gasteiger partial charge in [0.15, 0.2) is 0 Å². The highest BCUT2D eigenvalue weighted by molar-refractivity contribution is 9.10. The second-order valence-corrected chi connectivity index (χ2v) is 6.55. The van der Waals surface area contributed by atoms with Crippen LogP contribution in [-0.2, 0) is 6.54 Å². The van der Waals surface area contributed by atoms with E-state index in [-0.39, 0.29) is 6.03 Å². The minimum absolute atomic E-state index is 0.246.